The molecule has 0 spiro atoms. The average molecular weight is 216 g/mol. The van der Waals surface area contributed by atoms with Crippen molar-refractivity contribution >= 4 is 0 Å². The van der Waals surface area contributed by atoms with Gasteiger partial charge in [0.2, 0.25) is 5.79 Å². The van der Waals surface area contributed by atoms with Crippen molar-refractivity contribution < 1.29 is 9.84 Å². The van der Waals surface area contributed by atoms with Gasteiger partial charge in [-0.25, -0.2) is 0 Å². The second-order valence-corrected chi connectivity index (χ2v) is 3.93. The largest absolute Gasteiger partial charge is 0.458 e. The Labute approximate surface area is 95.9 Å². The number of hydrogen-bond donors (Lipinski definition) is 1. The Morgan fingerprint density at radius 2 is 2.00 bits per heavy atom. The molecule has 0 bridgehead atoms. The van der Waals surface area contributed by atoms with Gasteiger partial charge in [0.15, 0.2) is 0 Å². The highest BCUT2D eigenvalue weighted by Crippen LogP contribution is 2.30. The predicted molar refractivity (Wildman–Crippen MR) is 64.1 cm³/mol. The van der Waals surface area contributed by atoms with Crippen LogP contribution in [0.2, 0.25) is 0 Å². The molecule has 0 heterocycles. The molecule has 1 aromatic rings. The maximum atomic E-state index is 10.4. The Kier molecular flexibility index (Phi) is 3.11. The molecular weight excluding hydrogens is 200 g/mol. The molecule has 1 aromatic carbocycles. The van der Waals surface area contributed by atoms with E-state index in [9.17, 15) is 5.11 Å². The van der Waals surface area contributed by atoms with Crippen LogP contribution >= 0.6 is 0 Å². The smallest absolute Gasteiger partial charge is 0.234 e. The second-order valence-electron chi connectivity index (χ2n) is 3.93. The highest BCUT2D eigenvalue weighted by atomic mass is 16.6. The molecule has 0 saturated carbocycles. The zero-order valence-corrected chi connectivity index (χ0v) is 9.34. The monoisotopic (exact) mass is 216 g/mol. The number of allylic oxidation sites excluding steroid dienone is 2. The maximum absolute atomic E-state index is 10.4. The molecule has 0 fully saturated rings. The van der Waals surface area contributed by atoms with E-state index in [0.29, 0.717) is 5.75 Å². The minimum atomic E-state index is -1.22. The summed E-state index contributed by atoms with van der Waals surface area (Å²) in [5.74, 6) is -0.536. The number of rotatable bonds is 3. The summed E-state index contributed by atoms with van der Waals surface area (Å²) in [5.41, 5.74) is 0. The van der Waals surface area contributed by atoms with Crippen molar-refractivity contribution in [3.05, 3.63) is 54.6 Å². The summed E-state index contributed by atoms with van der Waals surface area (Å²) < 4.78 is 5.66. The van der Waals surface area contributed by atoms with Gasteiger partial charge in [-0.1, -0.05) is 43.4 Å². The van der Waals surface area contributed by atoms with Gasteiger partial charge in [0.25, 0.3) is 0 Å². The molecule has 0 aromatic heterocycles. The summed E-state index contributed by atoms with van der Waals surface area (Å²) in [6, 6.07) is 9.39. The summed E-state index contributed by atoms with van der Waals surface area (Å²) in [5, 5.41) is 10.4. The highest BCUT2D eigenvalue weighted by Gasteiger charge is 2.35. The standard InChI is InChI=1S/C14H16O2/c1-2-12-8-6-7-11-14(12,15)16-13-9-4-3-5-10-13/h3-12,15H,2H2,1H3. The minimum absolute atomic E-state index is 0.00212. The lowest BCUT2D eigenvalue weighted by atomic mass is 9.91. The molecule has 2 rings (SSSR count). The second kappa shape index (κ2) is 4.54. The molecule has 1 aliphatic rings. The first-order valence-electron chi connectivity index (χ1n) is 5.57. The van der Waals surface area contributed by atoms with Gasteiger partial charge < -0.3 is 9.84 Å². The number of ether oxygens (including phenoxy) is 1. The quantitative estimate of drug-likeness (QED) is 0.787. The molecule has 0 radical (unpaired) electrons. The summed E-state index contributed by atoms with van der Waals surface area (Å²) >= 11 is 0. The molecule has 1 N–H and O–H groups in total. The Morgan fingerprint density at radius 1 is 1.25 bits per heavy atom. The van der Waals surface area contributed by atoms with Crippen LogP contribution in [0.5, 0.6) is 5.75 Å². The Hall–Kier alpha value is -1.54. The number of aliphatic hydroxyl groups is 1. The highest BCUT2D eigenvalue weighted by molar-refractivity contribution is 5.26. The summed E-state index contributed by atoms with van der Waals surface area (Å²) in [6.07, 6.45) is 8.27. The normalized spacial score (nSPS) is 28.0. The lowest BCUT2D eigenvalue weighted by molar-refractivity contribution is -0.126. The van der Waals surface area contributed by atoms with Crippen LogP contribution in [-0.4, -0.2) is 10.9 Å². The molecule has 0 amide bonds. The van der Waals surface area contributed by atoms with Crippen molar-refractivity contribution in [1.29, 1.82) is 0 Å². The number of benzene rings is 1. The SMILES string of the molecule is CCC1C=CC=CC1(O)Oc1ccccc1. The molecule has 0 aliphatic heterocycles. The maximum Gasteiger partial charge on any atom is 0.234 e. The van der Waals surface area contributed by atoms with E-state index in [2.05, 4.69) is 0 Å². The predicted octanol–water partition coefficient (Wildman–Crippen LogP) is 2.91. The van der Waals surface area contributed by atoms with Crippen molar-refractivity contribution in [1.82, 2.24) is 0 Å². The first-order valence-corrected chi connectivity index (χ1v) is 5.57. The van der Waals surface area contributed by atoms with Gasteiger partial charge in [0, 0.05) is 5.92 Å². The fourth-order valence-electron chi connectivity index (χ4n) is 1.87. The van der Waals surface area contributed by atoms with Gasteiger partial charge in [0.05, 0.1) is 0 Å². The van der Waals surface area contributed by atoms with E-state index >= 15 is 0 Å². The van der Waals surface area contributed by atoms with E-state index in [0.717, 1.165) is 6.42 Å². The summed E-state index contributed by atoms with van der Waals surface area (Å²) in [6.45, 7) is 2.04. The van der Waals surface area contributed by atoms with Crippen LogP contribution in [0.15, 0.2) is 54.6 Å². The minimum Gasteiger partial charge on any atom is -0.458 e. The van der Waals surface area contributed by atoms with Gasteiger partial charge >= 0.3 is 0 Å². The number of para-hydroxylation sites is 1. The van der Waals surface area contributed by atoms with E-state index in [1.165, 1.54) is 0 Å². The first-order chi connectivity index (χ1) is 7.74. The fraction of sp³-hybridized carbons (Fsp3) is 0.286. The van der Waals surface area contributed by atoms with E-state index in [1.807, 2.05) is 55.5 Å². The van der Waals surface area contributed by atoms with E-state index < -0.39 is 5.79 Å². The Balaban J connectivity index is 2.19. The zero-order valence-electron chi connectivity index (χ0n) is 9.34. The van der Waals surface area contributed by atoms with Gasteiger partial charge in [-0.2, -0.15) is 0 Å². The van der Waals surface area contributed by atoms with Crippen LogP contribution in [0.3, 0.4) is 0 Å². The van der Waals surface area contributed by atoms with E-state index in [4.69, 9.17) is 4.74 Å². The van der Waals surface area contributed by atoms with Crippen LogP contribution in [0.25, 0.3) is 0 Å². The molecule has 2 atom stereocenters. The molecule has 16 heavy (non-hydrogen) atoms. The van der Waals surface area contributed by atoms with Gasteiger partial charge in [-0.3, -0.25) is 0 Å². The van der Waals surface area contributed by atoms with Crippen LogP contribution < -0.4 is 4.74 Å². The lowest BCUT2D eigenvalue weighted by Gasteiger charge is -2.33. The van der Waals surface area contributed by atoms with Gasteiger partial charge in [-0.15, -0.1) is 0 Å². The first kappa shape index (κ1) is 11.0. The van der Waals surface area contributed by atoms with Crippen molar-refractivity contribution in [2.75, 3.05) is 0 Å². The van der Waals surface area contributed by atoms with Crippen molar-refractivity contribution in [2.45, 2.75) is 19.1 Å². The van der Waals surface area contributed by atoms with Crippen molar-refractivity contribution in [2.24, 2.45) is 5.92 Å². The van der Waals surface area contributed by atoms with Gasteiger partial charge in [-0.05, 0) is 24.6 Å². The van der Waals surface area contributed by atoms with Crippen molar-refractivity contribution in [3.8, 4) is 5.75 Å². The Morgan fingerprint density at radius 3 is 2.69 bits per heavy atom. The van der Waals surface area contributed by atoms with Gasteiger partial charge in [0.1, 0.15) is 5.75 Å². The van der Waals surface area contributed by atoms with E-state index in [1.54, 1.807) is 6.08 Å². The third kappa shape index (κ3) is 2.17. The molecule has 0 saturated heterocycles. The van der Waals surface area contributed by atoms with Crippen molar-refractivity contribution in [3.63, 3.8) is 0 Å². The van der Waals surface area contributed by atoms with Crippen LogP contribution in [0.1, 0.15) is 13.3 Å². The fourth-order valence-corrected chi connectivity index (χ4v) is 1.87. The molecule has 84 valence electrons. The summed E-state index contributed by atoms with van der Waals surface area (Å²) in [7, 11) is 0. The zero-order chi connectivity index (χ0) is 11.4. The molecule has 2 nitrogen and oxygen atoms in total. The third-order valence-electron chi connectivity index (χ3n) is 2.79. The number of hydrogen-bond acceptors (Lipinski definition) is 2. The molecule has 1 aliphatic carbocycles. The van der Waals surface area contributed by atoms with E-state index in [-0.39, 0.29) is 5.92 Å². The third-order valence-corrected chi connectivity index (χ3v) is 2.79. The topological polar surface area (TPSA) is 29.5 Å². The molecule has 2 heteroatoms. The van der Waals surface area contributed by atoms with Crippen LogP contribution in [0, 0.1) is 5.92 Å². The molecular formula is C14H16O2. The Bertz CT molecular complexity index is 394. The van der Waals surface area contributed by atoms with Crippen LogP contribution in [-0.2, 0) is 0 Å². The van der Waals surface area contributed by atoms with Crippen LogP contribution in [0.4, 0.5) is 0 Å². The molecule has 2 unspecified atom stereocenters. The average Bonchev–Trinajstić information content (AvgIpc) is 2.30. The lowest BCUT2D eigenvalue weighted by Crippen LogP contribution is -2.41. The summed E-state index contributed by atoms with van der Waals surface area (Å²) in [4.78, 5) is 0.